The van der Waals surface area contributed by atoms with Gasteiger partial charge in [-0.15, -0.1) is 0 Å². The predicted octanol–water partition coefficient (Wildman–Crippen LogP) is 3.69. The third kappa shape index (κ3) is 6.07. The second kappa shape index (κ2) is 11.1. The Balaban J connectivity index is 1.27. The minimum atomic E-state index is 0.135. The maximum atomic E-state index is 12.1. The average Bonchev–Trinajstić information content (AvgIpc) is 3.35. The van der Waals surface area contributed by atoms with Crippen LogP contribution in [0.3, 0.4) is 0 Å². The van der Waals surface area contributed by atoms with Crippen molar-refractivity contribution in [2.45, 2.75) is 18.9 Å². The fraction of sp³-hybridized carbons (Fsp3) is 0.480. The van der Waals surface area contributed by atoms with Crippen molar-refractivity contribution in [1.29, 1.82) is 0 Å². The number of hydrogen-bond donors (Lipinski definition) is 0. The molecule has 1 atom stereocenters. The summed E-state index contributed by atoms with van der Waals surface area (Å²) in [5, 5.41) is 0.767. The summed E-state index contributed by atoms with van der Waals surface area (Å²) in [5.41, 5.74) is 2.58. The molecule has 1 amide bonds. The number of likely N-dealkylation sites (tertiary alicyclic amines) is 1. The molecule has 0 unspecified atom stereocenters. The molecule has 2 aliphatic heterocycles. The van der Waals surface area contributed by atoms with E-state index in [1.54, 1.807) is 0 Å². The lowest BCUT2D eigenvalue weighted by Gasteiger charge is -2.39. The Hall–Kier alpha value is -1.92. The zero-order chi connectivity index (χ0) is 21.5. The molecule has 0 aromatic heterocycles. The summed E-state index contributed by atoms with van der Waals surface area (Å²) in [6, 6.07) is 19.1. The predicted molar refractivity (Wildman–Crippen MR) is 124 cm³/mol. The van der Waals surface area contributed by atoms with Crippen molar-refractivity contribution < 1.29 is 9.53 Å². The highest BCUT2D eigenvalue weighted by Crippen LogP contribution is 2.30. The minimum Gasteiger partial charge on any atom is -0.370 e. The summed E-state index contributed by atoms with van der Waals surface area (Å²) >= 11 is 6.13. The van der Waals surface area contributed by atoms with Crippen molar-refractivity contribution in [1.82, 2.24) is 14.7 Å². The van der Waals surface area contributed by atoms with Gasteiger partial charge >= 0.3 is 0 Å². The van der Waals surface area contributed by atoms with Crippen LogP contribution in [0.15, 0.2) is 54.6 Å². The molecule has 0 N–H and O–H groups in total. The molecule has 2 aromatic carbocycles. The van der Waals surface area contributed by atoms with Crippen LogP contribution in [0.4, 0.5) is 0 Å². The average molecular weight is 442 g/mol. The summed E-state index contributed by atoms with van der Waals surface area (Å²) in [7, 11) is 0. The van der Waals surface area contributed by atoms with Crippen molar-refractivity contribution in [3.05, 3.63) is 70.7 Å². The van der Waals surface area contributed by atoms with E-state index in [-0.39, 0.29) is 18.6 Å². The smallest absolute Gasteiger partial charge is 0.248 e. The molecule has 2 heterocycles. The summed E-state index contributed by atoms with van der Waals surface area (Å²) in [6.07, 6.45) is 2.24. The van der Waals surface area contributed by atoms with Crippen LogP contribution in [-0.4, -0.2) is 79.6 Å². The molecule has 2 aliphatic rings. The molecule has 31 heavy (non-hydrogen) atoms. The van der Waals surface area contributed by atoms with E-state index in [0.29, 0.717) is 6.61 Å². The molecule has 0 bridgehead atoms. The molecule has 0 saturated carbocycles. The molecular formula is C25H32ClN3O2. The number of halogens is 1. The lowest BCUT2D eigenvalue weighted by Crippen LogP contribution is -2.48. The molecule has 5 nitrogen and oxygen atoms in total. The van der Waals surface area contributed by atoms with Crippen molar-refractivity contribution >= 4 is 17.5 Å². The number of nitrogens with zero attached hydrogens (tertiary/aromatic N) is 3. The van der Waals surface area contributed by atoms with E-state index in [1.165, 1.54) is 11.1 Å². The van der Waals surface area contributed by atoms with E-state index < -0.39 is 0 Å². The first-order valence-electron chi connectivity index (χ1n) is 11.3. The van der Waals surface area contributed by atoms with Gasteiger partial charge in [0.25, 0.3) is 0 Å². The highest BCUT2D eigenvalue weighted by Gasteiger charge is 2.26. The van der Waals surface area contributed by atoms with Crippen molar-refractivity contribution in [2.75, 3.05) is 59.0 Å². The quantitative estimate of drug-likeness (QED) is 0.585. The number of ether oxygens (including phenoxy) is 1. The van der Waals surface area contributed by atoms with Gasteiger partial charge in [0.15, 0.2) is 0 Å². The molecule has 0 aliphatic carbocycles. The zero-order valence-corrected chi connectivity index (χ0v) is 18.8. The van der Waals surface area contributed by atoms with Crippen LogP contribution in [-0.2, 0) is 9.53 Å². The molecule has 4 rings (SSSR count). The number of amides is 1. The normalized spacial score (nSPS) is 18.9. The third-order valence-electron chi connectivity index (χ3n) is 6.31. The van der Waals surface area contributed by atoms with Crippen molar-refractivity contribution in [3.63, 3.8) is 0 Å². The molecule has 2 saturated heterocycles. The molecular weight excluding hydrogens is 410 g/mol. The van der Waals surface area contributed by atoms with Crippen LogP contribution in [0.1, 0.15) is 30.0 Å². The van der Waals surface area contributed by atoms with Gasteiger partial charge in [-0.25, -0.2) is 0 Å². The number of carbonyl (C=O) groups excluding carboxylic acids is 1. The summed E-state index contributed by atoms with van der Waals surface area (Å²) < 4.78 is 5.68. The van der Waals surface area contributed by atoms with E-state index >= 15 is 0 Å². The van der Waals surface area contributed by atoms with Gasteiger partial charge in [0, 0.05) is 50.8 Å². The van der Waals surface area contributed by atoms with E-state index in [2.05, 4.69) is 52.3 Å². The second-order valence-corrected chi connectivity index (χ2v) is 8.82. The fourth-order valence-electron chi connectivity index (χ4n) is 4.55. The molecule has 2 aromatic rings. The van der Waals surface area contributed by atoms with Gasteiger partial charge in [-0.3, -0.25) is 14.6 Å². The van der Waals surface area contributed by atoms with Gasteiger partial charge < -0.3 is 9.64 Å². The number of carbonyl (C=O) groups is 1. The van der Waals surface area contributed by atoms with E-state index in [0.717, 1.165) is 63.7 Å². The Morgan fingerprint density at radius 3 is 2.19 bits per heavy atom. The highest BCUT2D eigenvalue weighted by atomic mass is 35.5. The molecule has 0 spiro atoms. The largest absolute Gasteiger partial charge is 0.370 e. The first-order valence-corrected chi connectivity index (χ1v) is 11.7. The third-order valence-corrected chi connectivity index (χ3v) is 6.56. The lowest BCUT2D eigenvalue weighted by atomic mass is 9.96. The number of rotatable bonds is 8. The first kappa shape index (κ1) is 22.3. The fourth-order valence-corrected chi connectivity index (χ4v) is 4.68. The van der Waals surface area contributed by atoms with Crippen molar-refractivity contribution in [3.8, 4) is 0 Å². The number of hydrogen-bond acceptors (Lipinski definition) is 4. The number of benzene rings is 2. The molecule has 6 heteroatoms. The van der Waals surface area contributed by atoms with Crippen LogP contribution in [0.5, 0.6) is 0 Å². The Morgan fingerprint density at radius 1 is 0.871 bits per heavy atom. The van der Waals surface area contributed by atoms with Gasteiger partial charge in [0.1, 0.15) is 6.61 Å². The zero-order valence-electron chi connectivity index (χ0n) is 18.1. The maximum absolute atomic E-state index is 12.1. The van der Waals surface area contributed by atoms with Gasteiger partial charge in [-0.1, -0.05) is 54.1 Å². The first-order chi connectivity index (χ1) is 15.2. The summed E-state index contributed by atoms with van der Waals surface area (Å²) in [4.78, 5) is 19.0. The Bertz CT molecular complexity index is 816. The van der Waals surface area contributed by atoms with Gasteiger partial charge in [0.05, 0.1) is 12.6 Å². The molecule has 0 radical (unpaired) electrons. The SMILES string of the molecule is O=C(COCCN1CCN([C@@H](c2ccccc2)c2ccc(Cl)cc2)CC1)N1CCCC1. The maximum Gasteiger partial charge on any atom is 0.248 e. The summed E-state index contributed by atoms with van der Waals surface area (Å²) in [6.45, 7) is 7.47. The highest BCUT2D eigenvalue weighted by molar-refractivity contribution is 6.30. The monoisotopic (exact) mass is 441 g/mol. The lowest BCUT2D eigenvalue weighted by molar-refractivity contribution is -0.135. The topological polar surface area (TPSA) is 36.0 Å². The van der Waals surface area contributed by atoms with Crippen LogP contribution in [0.2, 0.25) is 5.02 Å². The molecule has 166 valence electrons. The van der Waals surface area contributed by atoms with E-state index in [1.807, 2.05) is 17.0 Å². The van der Waals surface area contributed by atoms with Gasteiger partial charge in [-0.2, -0.15) is 0 Å². The van der Waals surface area contributed by atoms with Crippen molar-refractivity contribution in [2.24, 2.45) is 0 Å². The van der Waals surface area contributed by atoms with Crippen LogP contribution < -0.4 is 0 Å². The Kier molecular flexibility index (Phi) is 7.97. The second-order valence-electron chi connectivity index (χ2n) is 8.38. The Labute approximate surface area is 190 Å². The van der Waals surface area contributed by atoms with E-state index in [9.17, 15) is 4.79 Å². The van der Waals surface area contributed by atoms with Gasteiger partial charge in [0.2, 0.25) is 5.91 Å². The van der Waals surface area contributed by atoms with Crippen LogP contribution in [0.25, 0.3) is 0 Å². The Morgan fingerprint density at radius 2 is 1.52 bits per heavy atom. The summed E-state index contributed by atoms with van der Waals surface area (Å²) in [5.74, 6) is 0.135. The molecule has 2 fully saturated rings. The van der Waals surface area contributed by atoms with E-state index in [4.69, 9.17) is 16.3 Å². The minimum absolute atomic E-state index is 0.135. The number of piperazine rings is 1. The standard InChI is InChI=1S/C25H32ClN3O2/c26-23-10-8-22(9-11-23)25(21-6-2-1-3-7-21)29-16-14-27(15-17-29)18-19-31-20-24(30)28-12-4-5-13-28/h1-3,6-11,25H,4-5,12-20H2/t25-/m0/s1. The van der Waals surface area contributed by atoms with Crippen LogP contribution in [0, 0.1) is 0 Å². The van der Waals surface area contributed by atoms with Gasteiger partial charge in [-0.05, 0) is 36.1 Å². The van der Waals surface area contributed by atoms with Crippen LogP contribution >= 0.6 is 11.6 Å².